The molecule has 0 bridgehead atoms. The Balaban J connectivity index is 2.56. The van der Waals surface area contributed by atoms with E-state index < -0.39 is 0 Å². The maximum absolute atomic E-state index is 11.2. The van der Waals surface area contributed by atoms with Crippen LogP contribution in [-0.2, 0) is 19.0 Å². The lowest BCUT2D eigenvalue weighted by Crippen LogP contribution is -2.54. The van der Waals surface area contributed by atoms with Gasteiger partial charge in [-0.15, -0.1) is 0 Å². The highest BCUT2D eigenvalue weighted by atomic mass is 16.7. The van der Waals surface area contributed by atoms with Crippen molar-refractivity contribution >= 4 is 5.91 Å². The van der Waals surface area contributed by atoms with Crippen LogP contribution in [0, 0.1) is 5.92 Å². The van der Waals surface area contributed by atoms with Gasteiger partial charge in [0.25, 0.3) is 0 Å². The van der Waals surface area contributed by atoms with Gasteiger partial charge in [0.1, 0.15) is 12.9 Å². The van der Waals surface area contributed by atoms with E-state index in [2.05, 4.69) is 5.32 Å². The van der Waals surface area contributed by atoms with Gasteiger partial charge in [-0.2, -0.15) is 0 Å². The van der Waals surface area contributed by atoms with Crippen molar-refractivity contribution in [3.63, 3.8) is 0 Å². The van der Waals surface area contributed by atoms with E-state index in [0.717, 1.165) is 6.42 Å². The largest absolute Gasteiger partial charge is 0.394 e. The fraction of sp³-hybridized carbons (Fsp3) is 0.917. The number of hydrogen-bond acceptors (Lipinski definition) is 5. The summed E-state index contributed by atoms with van der Waals surface area (Å²) < 4.78 is 15.9. The molecule has 1 aliphatic rings. The Bertz CT molecular complexity index is 261. The lowest BCUT2D eigenvalue weighted by atomic mass is 9.90. The molecule has 2 N–H and O–H groups in total. The van der Waals surface area contributed by atoms with Crippen LogP contribution in [0.4, 0.5) is 0 Å². The minimum atomic E-state index is -0.252. The fourth-order valence-corrected chi connectivity index (χ4v) is 2.20. The van der Waals surface area contributed by atoms with E-state index in [-0.39, 0.29) is 43.5 Å². The molecule has 1 fully saturated rings. The number of carbonyl (C=O) groups is 1. The predicted octanol–water partition coefficient (Wildman–Crippen LogP) is -0.102. The Hall–Kier alpha value is -0.690. The first-order chi connectivity index (χ1) is 8.58. The minimum absolute atomic E-state index is 0.0191. The Kier molecular flexibility index (Phi) is 6.56. The van der Waals surface area contributed by atoms with Crippen LogP contribution >= 0.6 is 0 Å². The number of carbonyl (C=O) groups excluding carboxylic acids is 1. The standard InChI is InChI=1S/C12H23NO5/c1-8-4-10(13-9(2)15)12(6-17-7-16-3)18-11(8)5-14/h8,10-12,14H,4-7H2,1-3H3,(H,13,15)/t8-,10+,11-,12+/m1/s1. The second-order valence-electron chi connectivity index (χ2n) is 4.69. The van der Waals surface area contributed by atoms with Crippen LogP contribution in [-0.4, -0.2) is 56.4 Å². The SMILES string of the molecule is COCOC[C@@H]1O[C@H](CO)[C@H](C)C[C@@H]1NC(C)=O. The van der Waals surface area contributed by atoms with E-state index in [4.69, 9.17) is 14.2 Å². The summed E-state index contributed by atoms with van der Waals surface area (Å²) in [5.41, 5.74) is 0. The molecule has 1 saturated heterocycles. The van der Waals surface area contributed by atoms with Gasteiger partial charge in [0, 0.05) is 14.0 Å². The Morgan fingerprint density at radius 3 is 2.78 bits per heavy atom. The third kappa shape index (κ3) is 4.53. The molecule has 6 heteroatoms. The minimum Gasteiger partial charge on any atom is -0.394 e. The van der Waals surface area contributed by atoms with Crippen molar-refractivity contribution in [2.75, 3.05) is 27.1 Å². The average molecular weight is 261 g/mol. The highest BCUT2D eigenvalue weighted by Gasteiger charge is 2.36. The number of aliphatic hydroxyl groups excluding tert-OH is 1. The number of amides is 1. The molecular formula is C12H23NO5. The van der Waals surface area contributed by atoms with E-state index >= 15 is 0 Å². The first-order valence-electron chi connectivity index (χ1n) is 6.18. The molecule has 4 atom stereocenters. The van der Waals surface area contributed by atoms with Gasteiger partial charge in [0.2, 0.25) is 5.91 Å². The molecule has 0 aliphatic carbocycles. The van der Waals surface area contributed by atoms with Crippen LogP contribution in [0.1, 0.15) is 20.3 Å². The molecule has 0 aromatic carbocycles. The third-order valence-electron chi connectivity index (χ3n) is 3.11. The van der Waals surface area contributed by atoms with Crippen molar-refractivity contribution in [2.45, 2.75) is 38.5 Å². The van der Waals surface area contributed by atoms with Gasteiger partial charge >= 0.3 is 0 Å². The van der Waals surface area contributed by atoms with E-state index in [1.807, 2.05) is 6.92 Å². The van der Waals surface area contributed by atoms with Gasteiger partial charge in [-0.3, -0.25) is 4.79 Å². The summed E-state index contributed by atoms with van der Waals surface area (Å²) >= 11 is 0. The third-order valence-corrected chi connectivity index (χ3v) is 3.11. The van der Waals surface area contributed by atoms with Crippen LogP contribution in [0.3, 0.4) is 0 Å². The lowest BCUT2D eigenvalue weighted by Gasteiger charge is -2.39. The topological polar surface area (TPSA) is 77.0 Å². The lowest BCUT2D eigenvalue weighted by molar-refractivity contribution is -0.156. The predicted molar refractivity (Wildman–Crippen MR) is 65.0 cm³/mol. The molecule has 0 saturated carbocycles. The maximum Gasteiger partial charge on any atom is 0.217 e. The molecule has 1 aliphatic heterocycles. The molecule has 0 spiro atoms. The van der Waals surface area contributed by atoms with Gasteiger partial charge in [-0.05, 0) is 12.3 Å². The first kappa shape index (κ1) is 15.4. The Morgan fingerprint density at radius 2 is 2.22 bits per heavy atom. The molecular weight excluding hydrogens is 238 g/mol. The first-order valence-corrected chi connectivity index (χ1v) is 6.18. The second kappa shape index (κ2) is 7.68. The average Bonchev–Trinajstić information content (AvgIpc) is 2.31. The van der Waals surface area contributed by atoms with Gasteiger partial charge in [0.05, 0.1) is 25.4 Å². The monoisotopic (exact) mass is 261 g/mol. The molecule has 0 unspecified atom stereocenters. The molecule has 1 rings (SSSR count). The highest BCUT2D eigenvalue weighted by Crippen LogP contribution is 2.25. The zero-order valence-electron chi connectivity index (χ0n) is 11.2. The van der Waals surface area contributed by atoms with Gasteiger partial charge in [0.15, 0.2) is 0 Å². The summed E-state index contributed by atoms with van der Waals surface area (Å²) in [6.45, 7) is 3.99. The van der Waals surface area contributed by atoms with Crippen molar-refractivity contribution in [2.24, 2.45) is 5.92 Å². The van der Waals surface area contributed by atoms with Crippen molar-refractivity contribution in [1.29, 1.82) is 0 Å². The van der Waals surface area contributed by atoms with Crippen LogP contribution in [0.5, 0.6) is 0 Å². The Morgan fingerprint density at radius 1 is 1.50 bits per heavy atom. The smallest absolute Gasteiger partial charge is 0.217 e. The van der Waals surface area contributed by atoms with Gasteiger partial charge < -0.3 is 24.6 Å². The summed E-state index contributed by atoms with van der Waals surface area (Å²) in [5, 5.41) is 12.1. The van der Waals surface area contributed by atoms with Crippen LogP contribution < -0.4 is 5.32 Å². The van der Waals surface area contributed by atoms with E-state index in [1.54, 1.807) is 7.11 Å². The zero-order valence-corrected chi connectivity index (χ0v) is 11.2. The van der Waals surface area contributed by atoms with Crippen molar-refractivity contribution in [3.8, 4) is 0 Å². The normalized spacial score (nSPS) is 32.2. The van der Waals surface area contributed by atoms with Crippen LogP contribution in [0.25, 0.3) is 0 Å². The highest BCUT2D eigenvalue weighted by molar-refractivity contribution is 5.73. The fourth-order valence-electron chi connectivity index (χ4n) is 2.20. The molecule has 106 valence electrons. The number of nitrogens with one attached hydrogen (secondary N) is 1. The number of aliphatic hydroxyl groups is 1. The Labute approximate surface area is 108 Å². The number of ether oxygens (including phenoxy) is 3. The summed E-state index contributed by atoms with van der Waals surface area (Å²) in [7, 11) is 1.55. The van der Waals surface area contributed by atoms with Crippen LogP contribution in [0.15, 0.2) is 0 Å². The molecule has 0 radical (unpaired) electrons. The van der Waals surface area contributed by atoms with Gasteiger partial charge in [-0.25, -0.2) is 0 Å². The molecule has 0 aromatic heterocycles. The quantitative estimate of drug-likeness (QED) is 0.515. The van der Waals surface area contributed by atoms with Gasteiger partial charge in [-0.1, -0.05) is 6.92 Å². The summed E-state index contributed by atoms with van der Waals surface area (Å²) in [5.74, 6) is 0.112. The number of hydrogen-bond donors (Lipinski definition) is 2. The molecule has 0 aromatic rings. The molecule has 18 heavy (non-hydrogen) atoms. The van der Waals surface area contributed by atoms with E-state index in [1.165, 1.54) is 6.92 Å². The van der Waals surface area contributed by atoms with E-state index in [0.29, 0.717) is 6.61 Å². The summed E-state index contributed by atoms with van der Waals surface area (Å²) in [4.78, 5) is 11.2. The van der Waals surface area contributed by atoms with Crippen molar-refractivity contribution < 1.29 is 24.1 Å². The molecule has 6 nitrogen and oxygen atoms in total. The molecule has 1 amide bonds. The maximum atomic E-state index is 11.2. The van der Waals surface area contributed by atoms with Crippen molar-refractivity contribution in [3.05, 3.63) is 0 Å². The number of rotatable bonds is 6. The number of methoxy groups -OCH3 is 1. The summed E-state index contributed by atoms with van der Waals surface area (Å²) in [6, 6.07) is -0.0860. The summed E-state index contributed by atoms with van der Waals surface area (Å²) in [6.07, 6.45) is 0.315. The van der Waals surface area contributed by atoms with Crippen LogP contribution in [0.2, 0.25) is 0 Å². The molecule has 1 heterocycles. The second-order valence-corrected chi connectivity index (χ2v) is 4.69. The van der Waals surface area contributed by atoms with Crippen molar-refractivity contribution in [1.82, 2.24) is 5.32 Å². The zero-order chi connectivity index (χ0) is 13.5. The van der Waals surface area contributed by atoms with E-state index in [9.17, 15) is 9.90 Å².